The van der Waals surface area contributed by atoms with Gasteiger partial charge in [-0.15, -0.1) is 35.3 Å². The number of aliphatic imine (C=N–C) groups is 1. The molecule has 4 rings (SSSR count). The fourth-order valence-electron chi connectivity index (χ4n) is 2.98. The van der Waals surface area contributed by atoms with Gasteiger partial charge in [0, 0.05) is 28.6 Å². The summed E-state index contributed by atoms with van der Waals surface area (Å²) in [7, 11) is 1.71. The highest BCUT2D eigenvalue weighted by Crippen LogP contribution is 2.29. The molecule has 3 N–H and O–H groups in total. The van der Waals surface area contributed by atoms with Gasteiger partial charge in [0.15, 0.2) is 5.96 Å². The third-order valence-electron chi connectivity index (χ3n) is 4.37. The van der Waals surface area contributed by atoms with Crippen molar-refractivity contribution in [1.82, 2.24) is 10.6 Å². The highest BCUT2D eigenvalue weighted by molar-refractivity contribution is 14.0. The van der Waals surface area contributed by atoms with Crippen LogP contribution in [-0.4, -0.2) is 24.7 Å². The zero-order valence-corrected chi connectivity index (χ0v) is 18.5. The zero-order chi connectivity index (χ0) is 18.6. The number of thiophene rings is 1. The molecule has 1 unspecified atom stereocenters. The molecule has 0 amide bonds. The third-order valence-corrected chi connectivity index (χ3v) is 5.58. The number of aliphatic hydroxyl groups excluding tert-OH is 1. The Hall–Kier alpha value is -2.10. The summed E-state index contributed by atoms with van der Waals surface area (Å²) in [6.07, 6.45) is -0.591. The van der Waals surface area contributed by atoms with Gasteiger partial charge >= 0.3 is 0 Å². The number of nitrogens with zero attached hydrogens (tertiary/aromatic N) is 1. The third kappa shape index (κ3) is 4.65. The molecule has 7 heteroatoms. The number of halogens is 1. The maximum atomic E-state index is 10.5. The summed E-state index contributed by atoms with van der Waals surface area (Å²) in [5.41, 5.74) is 0.873. The first-order chi connectivity index (χ1) is 13.2. The molecule has 4 aromatic rings. The van der Waals surface area contributed by atoms with Gasteiger partial charge in [-0.3, -0.25) is 4.99 Å². The minimum Gasteiger partial charge on any atom is -0.459 e. The van der Waals surface area contributed by atoms with Crippen molar-refractivity contribution in [2.24, 2.45) is 4.99 Å². The highest BCUT2D eigenvalue weighted by Gasteiger charge is 2.12. The predicted octanol–water partition coefficient (Wildman–Crippen LogP) is 4.66. The summed E-state index contributed by atoms with van der Waals surface area (Å²) in [6.45, 7) is 0.903. The van der Waals surface area contributed by atoms with E-state index in [2.05, 4.69) is 27.8 Å². The van der Waals surface area contributed by atoms with E-state index in [1.165, 1.54) is 4.70 Å². The van der Waals surface area contributed by atoms with E-state index in [0.717, 1.165) is 27.0 Å². The number of furan rings is 1. The average molecular weight is 507 g/mol. The number of aliphatic hydroxyl groups is 1. The summed E-state index contributed by atoms with van der Waals surface area (Å²) in [5, 5.41) is 19.1. The molecule has 0 bridgehead atoms. The number of rotatable bonds is 5. The maximum absolute atomic E-state index is 10.5. The number of hydrogen-bond acceptors (Lipinski definition) is 4. The Labute approximate surface area is 184 Å². The molecular weight excluding hydrogens is 485 g/mol. The van der Waals surface area contributed by atoms with Gasteiger partial charge in [0.2, 0.25) is 0 Å². The molecule has 0 radical (unpaired) electrons. The number of fused-ring (bicyclic) bond motifs is 2. The zero-order valence-electron chi connectivity index (χ0n) is 15.4. The van der Waals surface area contributed by atoms with Gasteiger partial charge in [-0.05, 0) is 29.7 Å². The summed E-state index contributed by atoms with van der Waals surface area (Å²) in [6, 6.07) is 20.1. The molecule has 28 heavy (non-hydrogen) atoms. The Morgan fingerprint density at radius 1 is 1.07 bits per heavy atom. The minimum atomic E-state index is -0.591. The topological polar surface area (TPSA) is 69.8 Å². The Kier molecular flexibility index (Phi) is 6.93. The number of para-hydroxylation sites is 1. The largest absolute Gasteiger partial charge is 0.459 e. The van der Waals surface area contributed by atoms with Crippen LogP contribution < -0.4 is 10.6 Å². The molecule has 0 aliphatic heterocycles. The van der Waals surface area contributed by atoms with E-state index in [0.29, 0.717) is 19.0 Å². The Balaban J connectivity index is 0.00000225. The van der Waals surface area contributed by atoms with E-state index in [1.54, 1.807) is 18.4 Å². The lowest BCUT2D eigenvalue weighted by Gasteiger charge is -2.14. The van der Waals surface area contributed by atoms with Gasteiger partial charge in [0.1, 0.15) is 17.4 Å². The fraction of sp³-hybridized carbons (Fsp3) is 0.190. The van der Waals surface area contributed by atoms with E-state index in [4.69, 9.17) is 4.42 Å². The van der Waals surface area contributed by atoms with Crippen LogP contribution in [0.15, 0.2) is 70.1 Å². The monoisotopic (exact) mass is 507 g/mol. The van der Waals surface area contributed by atoms with Gasteiger partial charge in [-0.2, -0.15) is 0 Å². The van der Waals surface area contributed by atoms with Crippen molar-refractivity contribution in [2.75, 3.05) is 13.6 Å². The van der Waals surface area contributed by atoms with Crippen molar-refractivity contribution in [2.45, 2.75) is 12.6 Å². The summed E-state index contributed by atoms with van der Waals surface area (Å²) >= 11 is 1.61. The molecule has 5 nitrogen and oxygen atoms in total. The van der Waals surface area contributed by atoms with Crippen LogP contribution in [0, 0.1) is 0 Å². The van der Waals surface area contributed by atoms with Crippen LogP contribution in [-0.2, 0) is 6.54 Å². The lowest BCUT2D eigenvalue weighted by Crippen LogP contribution is -2.38. The van der Waals surface area contributed by atoms with Crippen LogP contribution in [0.4, 0.5) is 0 Å². The van der Waals surface area contributed by atoms with Crippen molar-refractivity contribution >= 4 is 62.3 Å². The van der Waals surface area contributed by atoms with Crippen molar-refractivity contribution in [1.29, 1.82) is 0 Å². The quantitative estimate of drug-likeness (QED) is 0.209. The first-order valence-electron chi connectivity index (χ1n) is 8.81. The molecule has 0 aliphatic carbocycles. The summed E-state index contributed by atoms with van der Waals surface area (Å²) < 4.78 is 6.98. The molecule has 2 aromatic heterocycles. The number of benzene rings is 2. The molecule has 2 aromatic carbocycles. The van der Waals surface area contributed by atoms with Gasteiger partial charge in [0.05, 0.1) is 6.54 Å². The van der Waals surface area contributed by atoms with Crippen molar-refractivity contribution in [3.8, 4) is 0 Å². The Morgan fingerprint density at radius 3 is 2.57 bits per heavy atom. The second-order valence-electron chi connectivity index (χ2n) is 6.26. The van der Waals surface area contributed by atoms with Crippen LogP contribution >= 0.6 is 35.3 Å². The van der Waals surface area contributed by atoms with Crippen molar-refractivity contribution in [3.05, 3.63) is 71.3 Å². The summed E-state index contributed by atoms with van der Waals surface area (Å²) in [5.74, 6) is 1.46. The first kappa shape index (κ1) is 20.6. The van der Waals surface area contributed by atoms with Gasteiger partial charge in [0.25, 0.3) is 0 Å². The Morgan fingerprint density at radius 2 is 1.82 bits per heavy atom. The number of guanidine groups is 1. The van der Waals surface area contributed by atoms with Crippen molar-refractivity contribution < 1.29 is 9.52 Å². The molecule has 1 atom stereocenters. The lowest BCUT2D eigenvalue weighted by atomic mass is 10.2. The molecular formula is C21H22IN3O2S. The SMILES string of the molecule is CN=C(NCc1cc2ccccc2o1)NCC(O)c1cc2ccccc2s1.I. The molecule has 0 saturated carbocycles. The fourth-order valence-corrected chi connectivity index (χ4v) is 4.03. The molecule has 2 heterocycles. The van der Waals surface area contributed by atoms with Crippen molar-refractivity contribution in [3.63, 3.8) is 0 Å². The van der Waals surface area contributed by atoms with Crippen LogP contribution in [0.2, 0.25) is 0 Å². The van der Waals surface area contributed by atoms with Gasteiger partial charge in [-0.1, -0.05) is 36.4 Å². The van der Waals surface area contributed by atoms with E-state index in [-0.39, 0.29) is 24.0 Å². The smallest absolute Gasteiger partial charge is 0.191 e. The Bertz CT molecular complexity index is 1020. The van der Waals surface area contributed by atoms with E-state index in [1.807, 2.05) is 48.5 Å². The maximum Gasteiger partial charge on any atom is 0.191 e. The minimum absolute atomic E-state index is 0. The average Bonchev–Trinajstić information content (AvgIpc) is 3.31. The number of hydrogen-bond donors (Lipinski definition) is 3. The molecule has 0 saturated heterocycles. The van der Waals surface area contributed by atoms with E-state index >= 15 is 0 Å². The van der Waals surface area contributed by atoms with Crippen LogP contribution in [0.5, 0.6) is 0 Å². The predicted molar refractivity (Wildman–Crippen MR) is 127 cm³/mol. The van der Waals surface area contributed by atoms with Crippen LogP contribution in [0.1, 0.15) is 16.7 Å². The summed E-state index contributed by atoms with van der Waals surface area (Å²) in [4.78, 5) is 5.15. The van der Waals surface area contributed by atoms with Gasteiger partial charge < -0.3 is 20.2 Å². The van der Waals surface area contributed by atoms with Crippen LogP contribution in [0.25, 0.3) is 21.1 Å². The van der Waals surface area contributed by atoms with E-state index in [9.17, 15) is 5.11 Å². The normalized spacial score (nSPS) is 12.7. The lowest BCUT2D eigenvalue weighted by molar-refractivity contribution is 0.184. The first-order valence-corrected chi connectivity index (χ1v) is 9.63. The highest BCUT2D eigenvalue weighted by atomic mass is 127. The van der Waals surface area contributed by atoms with Crippen LogP contribution in [0.3, 0.4) is 0 Å². The standard InChI is InChI=1S/C21H21N3O2S.HI/c1-22-21(23-12-16-10-14-6-2-4-8-18(14)26-16)24-13-17(25)20-11-15-7-3-5-9-19(15)27-20;/h2-11,17,25H,12-13H2,1H3,(H2,22,23,24);1H. The molecule has 146 valence electrons. The molecule has 0 spiro atoms. The molecule has 0 aliphatic rings. The van der Waals surface area contributed by atoms with E-state index < -0.39 is 6.10 Å². The van der Waals surface area contributed by atoms with Gasteiger partial charge in [-0.25, -0.2) is 0 Å². The second kappa shape index (κ2) is 9.40. The number of nitrogens with one attached hydrogen (secondary N) is 2. The molecule has 0 fully saturated rings. The second-order valence-corrected chi connectivity index (χ2v) is 7.37.